The van der Waals surface area contributed by atoms with Gasteiger partial charge in [-0.25, -0.2) is 4.68 Å². The monoisotopic (exact) mass is 321 g/mol. The number of hydrogen-bond acceptors (Lipinski definition) is 3. The van der Waals surface area contributed by atoms with Gasteiger partial charge in [0.15, 0.2) is 0 Å². The van der Waals surface area contributed by atoms with E-state index in [-0.39, 0.29) is 0 Å². The molecule has 4 heteroatoms. The highest BCUT2D eigenvalue weighted by Crippen LogP contribution is 2.18. The molecule has 0 bridgehead atoms. The third-order valence-electron chi connectivity index (χ3n) is 4.23. The number of aryl methyl sites for hydroxylation is 1. The Morgan fingerprint density at radius 1 is 0.958 bits per heavy atom. The van der Waals surface area contributed by atoms with E-state index in [4.69, 9.17) is 4.74 Å². The summed E-state index contributed by atoms with van der Waals surface area (Å²) in [5, 5.41) is 8.20. The standard InChI is InChI=1S/C20H23N3O/c1-15-20(14-21-13-17-9-11-19(24-3)12-10-17)16(2)23(22-15)18-7-5-4-6-8-18/h4-12,21H,13-14H2,1-3H3. The fourth-order valence-corrected chi connectivity index (χ4v) is 2.83. The van der Waals surface area contributed by atoms with Gasteiger partial charge < -0.3 is 10.1 Å². The molecule has 0 spiro atoms. The zero-order chi connectivity index (χ0) is 16.9. The van der Waals surface area contributed by atoms with Crippen LogP contribution in [-0.4, -0.2) is 16.9 Å². The minimum absolute atomic E-state index is 0.802. The van der Waals surface area contributed by atoms with Gasteiger partial charge in [0.2, 0.25) is 0 Å². The number of ether oxygens (including phenoxy) is 1. The van der Waals surface area contributed by atoms with Crippen molar-refractivity contribution in [3.8, 4) is 11.4 Å². The zero-order valence-corrected chi connectivity index (χ0v) is 14.4. The van der Waals surface area contributed by atoms with Crippen molar-refractivity contribution in [2.45, 2.75) is 26.9 Å². The topological polar surface area (TPSA) is 39.1 Å². The Labute approximate surface area is 143 Å². The van der Waals surface area contributed by atoms with E-state index in [1.807, 2.05) is 35.0 Å². The highest BCUT2D eigenvalue weighted by atomic mass is 16.5. The number of para-hydroxylation sites is 1. The minimum Gasteiger partial charge on any atom is -0.497 e. The Kier molecular flexibility index (Phi) is 4.96. The molecule has 0 amide bonds. The molecule has 2 aromatic carbocycles. The summed E-state index contributed by atoms with van der Waals surface area (Å²) in [4.78, 5) is 0. The number of nitrogens with zero attached hydrogens (tertiary/aromatic N) is 2. The van der Waals surface area contributed by atoms with Crippen molar-refractivity contribution >= 4 is 0 Å². The average molecular weight is 321 g/mol. The van der Waals surface area contributed by atoms with Gasteiger partial charge in [-0.1, -0.05) is 30.3 Å². The summed E-state index contributed by atoms with van der Waals surface area (Å²) in [6.07, 6.45) is 0. The molecule has 24 heavy (non-hydrogen) atoms. The molecule has 0 aliphatic rings. The summed E-state index contributed by atoms with van der Waals surface area (Å²) in [5.74, 6) is 0.884. The van der Waals surface area contributed by atoms with E-state index in [2.05, 4.69) is 48.5 Å². The van der Waals surface area contributed by atoms with Crippen LogP contribution in [0.2, 0.25) is 0 Å². The molecular weight excluding hydrogens is 298 g/mol. The maximum Gasteiger partial charge on any atom is 0.118 e. The van der Waals surface area contributed by atoms with Gasteiger partial charge >= 0.3 is 0 Å². The second-order valence-corrected chi connectivity index (χ2v) is 5.85. The molecule has 0 aliphatic heterocycles. The van der Waals surface area contributed by atoms with Crippen LogP contribution in [0.3, 0.4) is 0 Å². The molecular formula is C20H23N3O. The molecule has 0 unspecified atom stereocenters. The number of rotatable bonds is 6. The Hall–Kier alpha value is -2.59. The summed E-state index contributed by atoms with van der Waals surface area (Å²) >= 11 is 0. The van der Waals surface area contributed by atoms with Crippen molar-refractivity contribution in [2.24, 2.45) is 0 Å². The second-order valence-electron chi connectivity index (χ2n) is 5.85. The molecule has 0 aliphatic carbocycles. The molecule has 1 N–H and O–H groups in total. The Morgan fingerprint density at radius 3 is 2.33 bits per heavy atom. The van der Waals surface area contributed by atoms with Crippen LogP contribution in [0.15, 0.2) is 54.6 Å². The van der Waals surface area contributed by atoms with E-state index in [1.165, 1.54) is 16.8 Å². The predicted molar refractivity (Wildman–Crippen MR) is 96.6 cm³/mol. The Morgan fingerprint density at radius 2 is 1.67 bits per heavy atom. The van der Waals surface area contributed by atoms with Gasteiger partial charge in [-0.3, -0.25) is 0 Å². The van der Waals surface area contributed by atoms with Crippen LogP contribution in [0.1, 0.15) is 22.5 Å². The van der Waals surface area contributed by atoms with Crippen LogP contribution < -0.4 is 10.1 Å². The van der Waals surface area contributed by atoms with Gasteiger partial charge in [0.05, 0.1) is 18.5 Å². The number of methoxy groups -OCH3 is 1. The Bertz CT molecular complexity index is 792. The van der Waals surface area contributed by atoms with Crippen LogP contribution >= 0.6 is 0 Å². The van der Waals surface area contributed by atoms with Crippen LogP contribution in [0.5, 0.6) is 5.75 Å². The highest BCUT2D eigenvalue weighted by Gasteiger charge is 2.12. The molecule has 124 valence electrons. The average Bonchev–Trinajstić information content (AvgIpc) is 2.91. The lowest BCUT2D eigenvalue weighted by molar-refractivity contribution is 0.414. The van der Waals surface area contributed by atoms with Crippen molar-refractivity contribution in [1.29, 1.82) is 0 Å². The second kappa shape index (κ2) is 7.32. The molecule has 3 rings (SSSR count). The highest BCUT2D eigenvalue weighted by molar-refractivity contribution is 5.37. The van der Waals surface area contributed by atoms with Gasteiger partial charge in [-0.2, -0.15) is 5.10 Å². The van der Waals surface area contributed by atoms with Gasteiger partial charge in [-0.05, 0) is 43.7 Å². The van der Waals surface area contributed by atoms with E-state index < -0.39 is 0 Å². The van der Waals surface area contributed by atoms with Crippen molar-refractivity contribution in [3.63, 3.8) is 0 Å². The number of benzene rings is 2. The first-order valence-corrected chi connectivity index (χ1v) is 8.13. The lowest BCUT2D eigenvalue weighted by Crippen LogP contribution is -2.14. The maximum absolute atomic E-state index is 5.19. The first-order valence-electron chi connectivity index (χ1n) is 8.13. The number of aromatic nitrogens is 2. The quantitative estimate of drug-likeness (QED) is 0.751. The lowest BCUT2D eigenvalue weighted by Gasteiger charge is -2.08. The first kappa shape index (κ1) is 16.3. The predicted octanol–water partition coefficient (Wildman–Crippen LogP) is 3.79. The number of nitrogens with one attached hydrogen (secondary N) is 1. The first-order chi connectivity index (χ1) is 11.7. The summed E-state index contributed by atoms with van der Waals surface area (Å²) in [5.41, 5.74) is 5.84. The van der Waals surface area contributed by atoms with Crippen molar-refractivity contribution in [2.75, 3.05) is 7.11 Å². The minimum atomic E-state index is 0.802. The third kappa shape index (κ3) is 3.49. The van der Waals surface area contributed by atoms with Crippen LogP contribution in [0.25, 0.3) is 5.69 Å². The molecule has 0 fully saturated rings. The molecule has 1 aromatic heterocycles. The van der Waals surface area contributed by atoms with Crippen LogP contribution in [0.4, 0.5) is 0 Å². The van der Waals surface area contributed by atoms with Crippen molar-refractivity contribution in [3.05, 3.63) is 77.1 Å². The van der Waals surface area contributed by atoms with E-state index >= 15 is 0 Å². The molecule has 0 radical (unpaired) electrons. The van der Waals surface area contributed by atoms with E-state index in [0.29, 0.717) is 0 Å². The SMILES string of the molecule is COc1ccc(CNCc2c(C)nn(-c3ccccc3)c2C)cc1. The van der Waals surface area contributed by atoms with Crippen LogP contribution in [-0.2, 0) is 13.1 Å². The summed E-state index contributed by atoms with van der Waals surface area (Å²) in [7, 11) is 1.68. The molecule has 1 heterocycles. The largest absolute Gasteiger partial charge is 0.497 e. The van der Waals surface area contributed by atoms with Crippen LogP contribution in [0, 0.1) is 13.8 Å². The lowest BCUT2D eigenvalue weighted by atomic mass is 10.1. The fourth-order valence-electron chi connectivity index (χ4n) is 2.83. The maximum atomic E-state index is 5.19. The smallest absolute Gasteiger partial charge is 0.118 e. The van der Waals surface area contributed by atoms with Gasteiger partial charge in [-0.15, -0.1) is 0 Å². The molecule has 4 nitrogen and oxygen atoms in total. The van der Waals surface area contributed by atoms with Gasteiger partial charge in [0.25, 0.3) is 0 Å². The van der Waals surface area contributed by atoms with Crippen molar-refractivity contribution < 1.29 is 4.74 Å². The van der Waals surface area contributed by atoms with E-state index in [1.54, 1.807) is 7.11 Å². The fraction of sp³-hybridized carbons (Fsp3) is 0.250. The molecule has 0 saturated heterocycles. The van der Waals surface area contributed by atoms with E-state index in [9.17, 15) is 0 Å². The summed E-state index contributed by atoms with van der Waals surface area (Å²) < 4.78 is 7.20. The van der Waals surface area contributed by atoms with E-state index in [0.717, 1.165) is 30.2 Å². The molecule has 3 aromatic rings. The molecule has 0 atom stereocenters. The van der Waals surface area contributed by atoms with Gasteiger partial charge in [0, 0.05) is 24.3 Å². The zero-order valence-electron chi connectivity index (χ0n) is 14.4. The summed E-state index contributed by atoms with van der Waals surface area (Å²) in [6.45, 7) is 5.81. The number of hydrogen-bond donors (Lipinski definition) is 1. The normalized spacial score (nSPS) is 10.8. The summed E-state index contributed by atoms with van der Waals surface area (Å²) in [6, 6.07) is 18.4. The van der Waals surface area contributed by atoms with Gasteiger partial charge in [0.1, 0.15) is 5.75 Å². The molecule has 0 saturated carbocycles. The Balaban J connectivity index is 1.68. The van der Waals surface area contributed by atoms with Crippen molar-refractivity contribution in [1.82, 2.24) is 15.1 Å². The third-order valence-corrected chi connectivity index (χ3v) is 4.23.